The number of rotatable bonds is 8. The highest BCUT2D eigenvalue weighted by molar-refractivity contribution is 4.91. The number of nitrogens with one attached hydrogen (secondary N) is 1. The maximum absolute atomic E-state index is 4.38. The van der Waals surface area contributed by atoms with Crippen molar-refractivity contribution < 1.29 is 0 Å². The lowest BCUT2D eigenvalue weighted by atomic mass is 9.94. The molecule has 0 spiro atoms. The van der Waals surface area contributed by atoms with Crippen LogP contribution in [0.2, 0.25) is 0 Å². The Morgan fingerprint density at radius 1 is 1.35 bits per heavy atom. The lowest BCUT2D eigenvalue weighted by molar-refractivity contribution is 0.360. The van der Waals surface area contributed by atoms with E-state index in [0.29, 0.717) is 12.0 Å². The molecule has 4 nitrogen and oxygen atoms in total. The summed E-state index contributed by atoms with van der Waals surface area (Å²) in [7, 11) is 2.04. The van der Waals surface area contributed by atoms with Gasteiger partial charge < -0.3 is 5.32 Å². The van der Waals surface area contributed by atoms with E-state index in [-0.39, 0.29) is 0 Å². The van der Waals surface area contributed by atoms with Gasteiger partial charge in [-0.25, -0.2) is 4.98 Å². The van der Waals surface area contributed by atoms with Crippen LogP contribution in [0.15, 0.2) is 6.33 Å². The maximum Gasteiger partial charge on any atom is 0.138 e. The van der Waals surface area contributed by atoms with Crippen molar-refractivity contribution in [2.45, 2.75) is 59.0 Å². The highest BCUT2D eigenvalue weighted by atomic mass is 15.3. The molecule has 2 unspecified atom stereocenters. The van der Waals surface area contributed by atoms with Crippen LogP contribution in [0.25, 0.3) is 0 Å². The highest BCUT2D eigenvalue weighted by Gasteiger charge is 2.17. The first kappa shape index (κ1) is 14.2. The van der Waals surface area contributed by atoms with Gasteiger partial charge in [-0.05, 0) is 25.8 Å². The minimum atomic E-state index is 0.495. The molecule has 2 atom stereocenters. The molecule has 0 bridgehead atoms. The molecule has 0 aliphatic carbocycles. The number of nitrogens with zero attached hydrogens (tertiary/aromatic N) is 3. The summed E-state index contributed by atoms with van der Waals surface area (Å²) < 4.78 is 2.03. The van der Waals surface area contributed by atoms with E-state index in [1.54, 1.807) is 6.33 Å². The summed E-state index contributed by atoms with van der Waals surface area (Å²) in [5, 5.41) is 7.69. The van der Waals surface area contributed by atoms with Gasteiger partial charge in [-0.2, -0.15) is 5.10 Å². The Morgan fingerprint density at radius 2 is 2.12 bits per heavy atom. The first-order chi connectivity index (χ1) is 8.22. The van der Waals surface area contributed by atoms with Gasteiger partial charge in [0.1, 0.15) is 12.2 Å². The Bertz CT molecular complexity index is 308. The van der Waals surface area contributed by atoms with Gasteiger partial charge in [-0.1, -0.05) is 27.2 Å². The Hall–Kier alpha value is -0.900. The first-order valence-corrected chi connectivity index (χ1v) is 6.76. The molecule has 0 aromatic carbocycles. The standard InChI is InChI=1S/C13H26N4/c1-5-7-11(3)12(14-4)9-13-15-10-16-17(13)8-6-2/h10-12,14H,5-9H2,1-4H3. The van der Waals surface area contributed by atoms with E-state index < -0.39 is 0 Å². The van der Waals surface area contributed by atoms with Gasteiger partial charge in [-0.15, -0.1) is 0 Å². The molecule has 17 heavy (non-hydrogen) atoms. The molecule has 0 aliphatic heterocycles. The molecule has 1 aromatic rings. The zero-order chi connectivity index (χ0) is 12.7. The smallest absolute Gasteiger partial charge is 0.138 e. The lowest BCUT2D eigenvalue weighted by Gasteiger charge is -2.23. The molecular formula is C13H26N4. The fourth-order valence-electron chi connectivity index (χ4n) is 2.29. The molecule has 1 N–H and O–H groups in total. The predicted octanol–water partition coefficient (Wildman–Crippen LogP) is 2.25. The third-order valence-corrected chi connectivity index (χ3v) is 3.34. The second-order valence-electron chi connectivity index (χ2n) is 4.76. The van der Waals surface area contributed by atoms with Crippen LogP contribution in [0.5, 0.6) is 0 Å². The van der Waals surface area contributed by atoms with Gasteiger partial charge in [0.25, 0.3) is 0 Å². The van der Waals surface area contributed by atoms with Gasteiger partial charge in [0.05, 0.1) is 0 Å². The van der Waals surface area contributed by atoms with Crippen molar-refractivity contribution in [1.29, 1.82) is 0 Å². The molecule has 1 aromatic heterocycles. The summed E-state index contributed by atoms with van der Waals surface area (Å²) in [4.78, 5) is 4.38. The van der Waals surface area contributed by atoms with Crippen LogP contribution in [0, 0.1) is 5.92 Å². The molecule has 98 valence electrons. The zero-order valence-corrected chi connectivity index (χ0v) is 11.6. The van der Waals surface area contributed by atoms with Gasteiger partial charge in [0.2, 0.25) is 0 Å². The molecule has 1 heterocycles. The minimum absolute atomic E-state index is 0.495. The summed E-state index contributed by atoms with van der Waals surface area (Å²) in [6, 6.07) is 0.495. The maximum atomic E-state index is 4.38. The van der Waals surface area contributed by atoms with Crippen molar-refractivity contribution in [3.63, 3.8) is 0 Å². The number of hydrogen-bond acceptors (Lipinski definition) is 3. The molecular weight excluding hydrogens is 212 g/mol. The Balaban J connectivity index is 2.63. The summed E-state index contributed by atoms with van der Waals surface area (Å²) in [5.74, 6) is 1.78. The molecule has 4 heteroatoms. The number of likely N-dealkylation sites (N-methyl/N-ethyl adjacent to an activating group) is 1. The normalized spacial score (nSPS) is 14.8. The topological polar surface area (TPSA) is 42.7 Å². The second kappa shape index (κ2) is 7.43. The molecule has 0 aliphatic rings. The molecule has 1 rings (SSSR count). The van der Waals surface area contributed by atoms with Gasteiger partial charge in [0.15, 0.2) is 0 Å². The van der Waals surface area contributed by atoms with Crippen LogP contribution in [0.3, 0.4) is 0 Å². The number of hydrogen-bond donors (Lipinski definition) is 1. The monoisotopic (exact) mass is 238 g/mol. The van der Waals surface area contributed by atoms with E-state index >= 15 is 0 Å². The average molecular weight is 238 g/mol. The van der Waals surface area contributed by atoms with Crippen LogP contribution in [-0.2, 0) is 13.0 Å². The third-order valence-electron chi connectivity index (χ3n) is 3.34. The quantitative estimate of drug-likeness (QED) is 0.755. The highest BCUT2D eigenvalue weighted by Crippen LogP contribution is 2.14. The predicted molar refractivity (Wildman–Crippen MR) is 70.9 cm³/mol. The number of aryl methyl sites for hydroxylation is 1. The van der Waals surface area contributed by atoms with Crippen LogP contribution < -0.4 is 5.32 Å². The van der Waals surface area contributed by atoms with Gasteiger partial charge in [0, 0.05) is 19.0 Å². The summed E-state index contributed by atoms with van der Waals surface area (Å²) in [6.45, 7) is 7.68. The van der Waals surface area contributed by atoms with E-state index in [0.717, 1.165) is 25.2 Å². The van der Waals surface area contributed by atoms with Crippen LogP contribution in [0.1, 0.15) is 45.9 Å². The van der Waals surface area contributed by atoms with Crippen molar-refractivity contribution in [2.75, 3.05) is 7.05 Å². The number of aromatic nitrogens is 3. The van der Waals surface area contributed by atoms with Crippen LogP contribution >= 0.6 is 0 Å². The molecule has 0 saturated heterocycles. The summed E-state index contributed by atoms with van der Waals surface area (Å²) >= 11 is 0. The minimum Gasteiger partial charge on any atom is -0.316 e. The van der Waals surface area contributed by atoms with E-state index in [1.807, 2.05) is 11.7 Å². The average Bonchev–Trinajstić information content (AvgIpc) is 2.74. The zero-order valence-electron chi connectivity index (χ0n) is 11.6. The molecule has 0 amide bonds. The lowest BCUT2D eigenvalue weighted by Crippen LogP contribution is -2.35. The van der Waals surface area contributed by atoms with E-state index in [9.17, 15) is 0 Å². The van der Waals surface area contributed by atoms with E-state index in [1.165, 1.54) is 12.8 Å². The Kier molecular flexibility index (Phi) is 6.19. The Labute approximate surface area is 105 Å². The van der Waals surface area contributed by atoms with Crippen LogP contribution in [0.4, 0.5) is 0 Å². The SMILES string of the molecule is CCCC(C)C(Cc1ncnn1CCC)NC. The van der Waals surface area contributed by atoms with Gasteiger partial charge in [-0.3, -0.25) is 4.68 Å². The summed E-state index contributed by atoms with van der Waals surface area (Å²) in [5.41, 5.74) is 0. The van der Waals surface area contributed by atoms with Crippen LogP contribution in [-0.4, -0.2) is 27.9 Å². The molecule has 0 radical (unpaired) electrons. The fraction of sp³-hybridized carbons (Fsp3) is 0.846. The van der Waals surface area contributed by atoms with Crippen molar-refractivity contribution in [1.82, 2.24) is 20.1 Å². The van der Waals surface area contributed by atoms with Crippen molar-refractivity contribution in [2.24, 2.45) is 5.92 Å². The molecule has 0 saturated carbocycles. The fourth-order valence-corrected chi connectivity index (χ4v) is 2.29. The van der Waals surface area contributed by atoms with Crippen molar-refractivity contribution in [3.8, 4) is 0 Å². The van der Waals surface area contributed by atoms with Crippen molar-refractivity contribution in [3.05, 3.63) is 12.2 Å². The van der Waals surface area contributed by atoms with Crippen molar-refractivity contribution >= 4 is 0 Å². The second-order valence-corrected chi connectivity index (χ2v) is 4.76. The largest absolute Gasteiger partial charge is 0.316 e. The first-order valence-electron chi connectivity index (χ1n) is 6.76. The molecule has 0 fully saturated rings. The van der Waals surface area contributed by atoms with E-state index in [4.69, 9.17) is 0 Å². The third kappa shape index (κ3) is 4.11. The summed E-state index contributed by atoms with van der Waals surface area (Å²) in [6.07, 6.45) is 6.24. The van der Waals surface area contributed by atoms with E-state index in [2.05, 4.69) is 36.2 Å². The van der Waals surface area contributed by atoms with Gasteiger partial charge >= 0.3 is 0 Å². The Morgan fingerprint density at radius 3 is 2.71 bits per heavy atom.